The Morgan fingerprint density at radius 2 is 1.62 bits per heavy atom. The highest BCUT2D eigenvalue weighted by atomic mass is 27.0. The number of rotatable bonds is 0. The summed E-state index contributed by atoms with van der Waals surface area (Å²) in [4.78, 5) is 0. The number of benzene rings is 1. The van der Waals surface area contributed by atoms with Gasteiger partial charge in [0.05, 0.1) is 0 Å². The lowest BCUT2D eigenvalue weighted by atomic mass is 10.2. The van der Waals surface area contributed by atoms with Gasteiger partial charge in [-0.05, 0) is 6.92 Å². The molecule has 0 aromatic heterocycles. The summed E-state index contributed by atoms with van der Waals surface area (Å²) in [5.74, 6) is 0. The second-order valence-corrected chi connectivity index (χ2v) is 2.58. The van der Waals surface area contributed by atoms with Crippen LogP contribution in [0.3, 0.4) is 0 Å². The molecule has 0 aliphatic carbocycles. The van der Waals surface area contributed by atoms with Gasteiger partial charge in [0.2, 0.25) is 0 Å². The van der Waals surface area contributed by atoms with Crippen LogP contribution in [0.2, 0.25) is 0 Å². The molecule has 0 aliphatic heterocycles. The summed E-state index contributed by atoms with van der Waals surface area (Å²) in [7, 11) is 0. The third-order valence-electron chi connectivity index (χ3n) is 1.08. The van der Waals surface area contributed by atoms with Crippen molar-refractivity contribution >= 4 is 20.7 Å². The van der Waals surface area contributed by atoms with Crippen molar-refractivity contribution in [1.82, 2.24) is 0 Å². The minimum atomic E-state index is 1.25. The smallest absolute Gasteiger partial charge is 0.139 e. The maximum atomic E-state index is 2.65. The maximum Gasteiger partial charge on any atom is 0.175 e. The zero-order valence-electron chi connectivity index (χ0n) is 4.89. The van der Waals surface area contributed by atoms with Crippen LogP contribution in [0, 0.1) is 6.92 Å². The van der Waals surface area contributed by atoms with Gasteiger partial charge in [-0.25, -0.2) is 0 Å². The van der Waals surface area contributed by atoms with Gasteiger partial charge in [-0.1, -0.05) is 29.8 Å². The Balaban J connectivity index is 3.03. The fourth-order valence-corrected chi connectivity index (χ4v) is 0.759. The number of hydrogen-bond donors (Lipinski definition) is 0. The first-order chi connectivity index (χ1) is 3.79. The molecule has 0 saturated carbocycles. The highest BCUT2D eigenvalue weighted by molar-refractivity contribution is 6.32. The first-order valence-corrected chi connectivity index (χ1v) is 3.19. The highest BCUT2D eigenvalue weighted by Crippen LogP contribution is 1.90. The first kappa shape index (κ1) is 5.88. The third-order valence-corrected chi connectivity index (χ3v) is 1.46. The Bertz CT molecular complexity index is 143. The molecule has 1 aromatic rings. The normalized spacial score (nSPS) is 9.12. The lowest BCUT2D eigenvalue weighted by Crippen LogP contribution is -1.98. The summed E-state index contributed by atoms with van der Waals surface area (Å²) in [5.41, 5.74) is 1.32. The molecule has 0 unspecified atom stereocenters. The van der Waals surface area contributed by atoms with E-state index in [4.69, 9.17) is 0 Å². The molecule has 8 heavy (non-hydrogen) atoms. The van der Waals surface area contributed by atoms with Gasteiger partial charge in [0, 0.05) is 0 Å². The average molecular weight is 118 g/mol. The second-order valence-electron chi connectivity index (χ2n) is 1.91. The molecule has 0 atom stereocenters. The second kappa shape index (κ2) is 2.35. The topological polar surface area (TPSA) is 0 Å². The summed E-state index contributed by atoms with van der Waals surface area (Å²) in [5, 5.41) is 0. The average Bonchev–Trinajstić information content (AvgIpc) is 1.77. The molecule has 1 rings (SSSR count). The van der Waals surface area contributed by atoms with E-state index < -0.39 is 0 Å². The molecule has 38 valence electrons. The van der Waals surface area contributed by atoms with E-state index in [0.29, 0.717) is 0 Å². The van der Waals surface area contributed by atoms with E-state index in [1.807, 2.05) is 0 Å². The maximum absolute atomic E-state index is 2.65. The van der Waals surface area contributed by atoms with Gasteiger partial charge >= 0.3 is 0 Å². The van der Waals surface area contributed by atoms with Crippen LogP contribution in [-0.2, 0) is 0 Å². The van der Waals surface area contributed by atoms with Crippen LogP contribution in [0.1, 0.15) is 5.56 Å². The fourth-order valence-electron chi connectivity index (χ4n) is 0.566. The van der Waals surface area contributed by atoms with Crippen molar-refractivity contribution in [3.05, 3.63) is 29.8 Å². The van der Waals surface area contributed by atoms with Gasteiger partial charge in [0.25, 0.3) is 0 Å². The van der Waals surface area contributed by atoms with E-state index in [9.17, 15) is 0 Å². The lowest BCUT2D eigenvalue weighted by Gasteiger charge is -1.91. The summed E-state index contributed by atoms with van der Waals surface area (Å²) < 4.78 is 1.25. The van der Waals surface area contributed by atoms with E-state index in [1.54, 1.807) is 0 Å². The van der Waals surface area contributed by atoms with Gasteiger partial charge in [0.15, 0.2) is 16.3 Å². The van der Waals surface area contributed by atoms with Crippen LogP contribution in [-0.4, -0.2) is 16.3 Å². The van der Waals surface area contributed by atoms with E-state index >= 15 is 0 Å². The minimum absolute atomic E-state index is 1.25. The van der Waals surface area contributed by atoms with Crippen molar-refractivity contribution < 1.29 is 0 Å². The zero-order chi connectivity index (χ0) is 5.98. The van der Waals surface area contributed by atoms with Crippen LogP contribution in [0.5, 0.6) is 0 Å². The van der Waals surface area contributed by atoms with Crippen molar-refractivity contribution in [1.29, 1.82) is 0 Å². The predicted molar refractivity (Wildman–Crippen MR) is 36.6 cm³/mol. The monoisotopic (exact) mass is 118 g/mol. The molecule has 0 N–H and O–H groups in total. The van der Waals surface area contributed by atoms with Crippen molar-refractivity contribution in [2.45, 2.75) is 6.92 Å². The Morgan fingerprint density at radius 3 is 2.00 bits per heavy atom. The summed E-state index contributed by atoms with van der Waals surface area (Å²) in [6.07, 6.45) is 0. The molecule has 0 amide bonds. The van der Waals surface area contributed by atoms with Gasteiger partial charge < -0.3 is 0 Å². The molecular weight excluding hydrogens is 111 g/mol. The molecule has 0 saturated heterocycles. The van der Waals surface area contributed by atoms with Crippen molar-refractivity contribution in [3.8, 4) is 0 Å². The van der Waals surface area contributed by atoms with Gasteiger partial charge in [0.1, 0.15) is 0 Å². The highest BCUT2D eigenvalue weighted by Gasteiger charge is 1.79. The van der Waals surface area contributed by atoms with Crippen LogP contribution in [0.4, 0.5) is 0 Å². The van der Waals surface area contributed by atoms with Gasteiger partial charge in [-0.15, -0.1) is 4.43 Å². The predicted octanol–water partition coefficient (Wildman–Crippen LogP) is 0.789. The fraction of sp³-hybridized carbons (Fsp3) is 0.143. The SMILES string of the molecule is Cc1cc[c]([Al])cc1. The third kappa shape index (κ3) is 1.37. The van der Waals surface area contributed by atoms with E-state index in [1.165, 1.54) is 9.99 Å². The summed E-state index contributed by atoms with van der Waals surface area (Å²) >= 11 is 2.65. The standard InChI is InChI=1S/C7H7.Al/c1-7-5-3-2-4-6-7;/h3-6H,1H3;. The molecule has 0 aliphatic rings. The Kier molecular flexibility index (Phi) is 1.73. The van der Waals surface area contributed by atoms with Gasteiger partial charge in [-0.2, -0.15) is 0 Å². The molecule has 0 spiro atoms. The molecular formula is C7H7Al. The molecule has 2 radical (unpaired) electrons. The van der Waals surface area contributed by atoms with E-state index in [-0.39, 0.29) is 0 Å². The Hall–Kier alpha value is -0.248. The van der Waals surface area contributed by atoms with Crippen molar-refractivity contribution in [3.63, 3.8) is 0 Å². The largest absolute Gasteiger partial charge is 0.175 e. The molecule has 1 aromatic carbocycles. The van der Waals surface area contributed by atoms with Crippen LogP contribution < -0.4 is 4.43 Å². The molecule has 0 heterocycles. The minimum Gasteiger partial charge on any atom is -0.139 e. The molecule has 1 heteroatoms. The first-order valence-electron chi connectivity index (χ1n) is 2.61. The quantitative estimate of drug-likeness (QED) is 0.442. The summed E-state index contributed by atoms with van der Waals surface area (Å²) in [6.45, 7) is 2.09. The Labute approximate surface area is 58.0 Å². The molecule has 0 bridgehead atoms. The van der Waals surface area contributed by atoms with Crippen molar-refractivity contribution in [2.24, 2.45) is 0 Å². The summed E-state index contributed by atoms with van der Waals surface area (Å²) in [6, 6.07) is 8.37. The van der Waals surface area contributed by atoms with Crippen LogP contribution in [0.15, 0.2) is 24.3 Å². The number of hydrogen-bond acceptors (Lipinski definition) is 0. The van der Waals surface area contributed by atoms with Crippen LogP contribution >= 0.6 is 0 Å². The molecule has 0 fully saturated rings. The number of aryl methyl sites for hydroxylation is 1. The zero-order valence-corrected chi connectivity index (χ0v) is 6.04. The van der Waals surface area contributed by atoms with Crippen molar-refractivity contribution in [2.75, 3.05) is 0 Å². The van der Waals surface area contributed by atoms with Crippen LogP contribution in [0.25, 0.3) is 0 Å². The van der Waals surface area contributed by atoms with E-state index in [0.717, 1.165) is 0 Å². The van der Waals surface area contributed by atoms with E-state index in [2.05, 4.69) is 47.5 Å². The molecule has 0 nitrogen and oxygen atoms in total. The Morgan fingerprint density at radius 1 is 1.12 bits per heavy atom. The van der Waals surface area contributed by atoms with Gasteiger partial charge in [-0.3, -0.25) is 0 Å². The lowest BCUT2D eigenvalue weighted by molar-refractivity contribution is 1.49.